The lowest BCUT2D eigenvalue weighted by molar-refractivity contribution is 0.0497. The second-order valence-corrected chi connectivity index (χ2v) is 9.01. The largest absolute Gasteiger partial charge is 0.462 e. The van der Waals surface area contributed by atoms with Crippen molar-refractivity contribution >= 4 is 18.4 Å². The number of esters is 1. The first-order valence-corrected chi connectivity index (χ1v) is 12.7. The highest BCUT2D eigenvalue weighted by molar-refractivity contribution is 5.89. The van der Waals surface area contributed by atoms with Gasteiger partial charge in [-0.15, -0.1) is 12.4 Å². The zero-order valence-electron chi connectivity index (χ0n) is 20.9. The fourth-order valence-corrected chi connectivity index (χ4v) is 3.71. The monoisotopic (exact) mass is 465 g/mol. The molecule has 4 heteroatoms. The zero-order chi connectivity index (χ0) is 22.6. The second kappa shape index (κ2) is 21.5. The molecule has 0 amide bonds. The molecule has 184 valence electrons. The van der Waals surface area contributed by atoms with Gasteiger partial charge in [0.2, 0.25) is 0 Å². The molecule has 0 aliphatic carbocycles. The van der Waals surface area contributed by atoms with Crippen LogP contribution in [0.4, 0.5) is 0 Å². The van der Waals surface area contributed by atoms with Crippen LogP contribution in [0.1, 0.15) is 113 Å². The van der Waals surface area contributed by atoms with Crippen LogP contribution in [-0.4, -0.2) is 31.6 Å². The Kier molecular flexibility index (Phi) is 20.6. The summed E-state index contributed by atoms with van der Waals surface area (Å²) in [6.45, 7) is 3.68. The van der Waals surface area contributed by atoms with Crippen molar-refractivity contribution < 1.29 is 9.53 Å². The molecule has 0 aromatic heterocycles. The normalized spacial score (nSPS) is 11.1. The van der Waals surface area contributed by atoms with E-state index in [1.54, 1.807) is 0 Å². The van der Waals surface area contributed by atoms with Gasteiger partial charge in [-0.3, -0.25) is 0 Å². The van der Waals surface area contributed by atoms with E-state index in [9.17, 15) is 4.79 Å². The van der Waals surface area contributed by atoms with E-state index < -0.39 is 0 Å². The van der Waals surface area contributed by atoms with Gasteiger partial charge in [-0.2, -0.15) is 0 Å². The number of hydrogen-bond donors (Lipinski definition) is 0. The van der Waals surface area contributed by atoms with Crippen LogP contribution < -0.4 is 0 Å². The van der Waals surface area contributed by atoms with Crippen LogP contribution in [0.15, 0.2) is 36.4 Å². The van der Waals surface area contributed by atoms with Gasteiger partial charge in [-0.1, -0.05) is 89.0 Å². The van der Waals surface area contributed by atoms with Crippen molar-refractivity contribution in [1.82, 2.24) is 4.90 Å². The number of halogens is 1. The maximum absolute atomic E-state index is 12.1. The van der Waals surface area contributed by atoms with Gasteiger partial charge in [0.1, 0.15) is 0 Å². The van der Waals surface area contributed by atoms with Gasteiger partial charge in [0.25, 0.3) is 0 Å². The van der Waals surface area contributed by atoms with Crippen molar-refractivity contribution in [2.75, 3.05) is 20.7 Å². The molecule has 0 atom stereocenters. The zero-order valence-corrected chi connectivity index (χ0v) is 21.8. The summed E-state index contributed by atoms with van der Waals surface area (Å²) < 4.78 is 5.41. The maximum atomic E-state index is 12.1. The first-order valence-electron chi connectivity index (χ1n) is 12.7. The summed E-state index contributed by atoms with van der Waals surface area (Å²) in [5, 5.41) is 0. The Bertz CT molecular complexity index is 584. The number of rotatable bonds is 19. The molecular weight excluding hydrogens is 418 g/mol. The Morgan fingerprint density at radius 1 is 0.781 bits per heavy atom. The Morgan fingerprint density at radius 2 is 1.28 bits per heavy atom. The smallest absolute Gasteiger partial charge is 0.338 e. The number of benzene rings is 1. The summed E-state index contributed by atoms with van der Waals surface area (Å²) in [6, 6.07) is 7.73. The Morgan fingerprint density at radius 3 is 1.81 bits per heavy atom. The van der Waals surface area contributed by atoms with E-state index in [1.165, 1.54) is 82.6 Å². The Balaban J connectivity index is 0.00000961. The van der Waals surface area contributed by atoms with Crippen molar-refractivity contribution in [3.63, 3.8) is 0 Å². The Hall–Kier alpha value is -1.32. The lowest BCUT2D eigenvalue weighted by Gasteiger charge is -2.10. The summed E-state index contributed by atoms with van der Waals surface area (Å²) in [6.07, 6.45) is 22.7. The van der Waals surface area contributed by atoms with E-state index >= 15 is 0 Å². The van der Waals surface area contributed by atoms with Crippen molar-refractivity contribution in [2.24, 2.45) is 0 Å². The van der Waals surface area contributed by atoms with Crippen molar-refractivity contribution in [3.8, 4) is 0 Å². The molecule has 3 nitrogen and oxygen atoms in total. The van der Waals surface area contributed by atoms with Gasteiger partial charge in [0, 0.05) is 6.54 Å². The number of carbonyl (C=O) groups is 1. The molecule has 0 radical (unpaired) electrons. The van der Waals surface area contributed by atoms with Crippen LogP contribution >= 0.6 is 12.4 Å². The SMILES string of the molecule is CCCCCCCC/C=C\CCCCCCCCOC(=O)c1ccc(CN(C)C)cc1.Cl. The molecule has 32 heavy (non-hydrogen) atoms. The topological polar surface area (TPSA) is 29.5 Å². The number of unbranched alkanes of at least 4 members (excludes halogenated alkanes) is 12. The van der Waals surface area contributed by atoms with E-state index in [4.69, 9.17) is 4.74 Å². The fraction of sp³-hybridized carbons (Fsp3) is 0.679. The first kappa shape index (κ1) is 30.7. The first-order chi connectivity index (χ1) is 15.1. The molecule has 0 saturated heterocycles. The fourth-order valence-electron chi connectivity index (χ4n) is 3.71. The average Bonchev–Trinajstić information content (AvgIpc) is 2.76. The highest BCUT2D eigenvalue weighted by atomic mass is 35.5. The highest BCUT2D eigenvalue weighted by Gasteiger charge is 2.07. The van der Waals surface area contributed by atoms with Crippen molar-refractivity contribution in [3.05, 3.63) is 47.5 Å². The van der Waals surface area contributed by atoms with E-state index in [-0.39, 0.29) is 18.4 Å². The molecule has 1 aromatic carbocycles. The van der Waals surface area contributed by atoms with Crippen LogP contribution in [0, 0.1) is 0 Å². The van der Waals surface area contributed by atoms with Gasteiger partial charge >= 0.3 is 5.97 Å². The molecule has 0 heterocycles. The summed E-state index contributed by atoms with van der Waals surface area (Å²) in [7, 11) is 4.08. The summed E-state index contributed by atoms with van der Waals surface area (Å²) >= 11 is 0. The van der Waals surface area contributed by atoms with Crippen LogP contribution in [0.2, 0.25) is 0 Å². The van der Waals surface area contributed by atoms with Crippen molar-refractivity contribution in [1.29, 1.82) is 0 Å². The molecule has 0 N–H and O–H groups in total. The maximum Gasteiger partial charge on any atom is 0.338 e. The molecule has 0 spiro atoms. The molecule has 0 fully saturated rings. The van der Waals surface area contributed by atoms with Crippen LogP contribution in [0.3, 0.4) is 0 Å². The third-order valence-electron chi connectivity index (χ3n) is 5.58. The van der Waals surface area contributed by atoms with Gasteiger partial charge in [-0.05, 0) is 63.9 Å². The number of allylic oxidation sites excluding steroid dienone is 2. The molecule has 1 aromatic rings. The standard InChI is InChI=1S/C28H47NO2.ClH/c1-4-5-6-7-8-9-10-11-12-13-14-15-16-17-18-19-24-31-28(30)27-22-20-26(21-23-27)25-29(2)3;/h11-12,20-23H,4-10,13-19,24-25H2,1-3H3;1H/b12-11-;. The summed E-state index contributed by atoms with van der Waals surface area (Å²) in [4.78, 5) is 14.2. The third kappa shape index (κ3) is 17.3. The van der Waals surface area contributed by atoms with Crippen LogP contribution in [0.5, 0.6) is 0 Å². The predicted molar refractivity (Wildman–Crippen MR) is 141 cm³/mol. The minimum atomic E-state index is -0.204. The number of ether oxygens (including phenoxy) is 1. The van der Waals surface area contributed by atoms with E-state index in [2.05, 4.69) is 24.0 Å². The molecular formula is C28H48ClNO2. The highest BCUT2D eigenvalue weighted by Crippen LogP contribution is 2.11. The minimum absolute atomic E-state index is 0. The molecule has 1 rings (SSSR count). The molecule has 0 bridgehead atoms. The van der Waals surface area contributed by atoms with Gasteiger partial charge in [0.15, 0.2) is 0 Å². The average molecular weight is 466 g/mol. The number of nitrogens with zero attached hydrogens (tertiary/aromatic N) is 1. The second-order valence-electron chi connectivity index (χ2n) is 9.01. The van der Waals surface area contributed by atoms with Gasteiger partial charge < -0.3 is 9.64 Å². The van der Waals surface area contributed by atoms with E-state index in [1.807, 2.05) is 38.4 Å². The lowest BCUT2D eigenvalue weighted by atomic mass is 10.1. The summed E-state index contributed by atoms with van der Waals surface area (Å²) in [5.74, 6) is -0.204. The molecule has 0 aliphatic rings. The van der Waals surface area contributed by atoms with E-state index in [0.717, 1.165) is 19.4 Å². The Labute approximate surface area is 204 Å². The molecule has 0 unspecified atom stereocenters. The van der Waals surface area contributed by atoms with Crippen LogP contribution in [0.25, 0.3) is 0 Å². The van der Waals surface area contributed by atoms with Gasteiger partial charge in [0.05, 0.1) is 12.2 Å². The summed E-state index contributed by atoms with van der Waals surface area (Å²) in [5.41, 5.74) is 1.85. The number of hydrogen-bond acceptors (Lipinski definition) is 3. The third-order valence-corrected chi connectivity index (χ3v) is 5.58. The number of carbonyl (C=O) groups excluding carboxylic acids is 1. The lowest BCUT2D eigenvalue weighted by Crippen LogP contribution is -2.11. The molecule has 0 saturated carbocycles. The van der Waals surface area contributed by atoms with Crippen LogP contribution in [-0.2, 0) is 11.3 Å². The van der Waals surface area contributed by atoms with Gasteiger partial charge in [-0.25, -0.2) is 4.79 Å². The minimum Gasteiger partial charge on any atom is -0.462 e. The molecule has 0 aliphatic heterocycles. The van der Waals surface area contributed by atoms with Crippen molar-refractivity contribution in [2.45, 2.75) is 103 Å². The quantitative estimate of drug-likeness (QED) is 0.117. The predicted octanol–water partition coefficient (Wildman–Crippen LogP) is 8.36. The van der Waals surface area contributed by atoms with E-state index in [0.29, 0.717) is 12.2 Å².